The summed E-state index contributed by atoms with van der Waals surface area (Å²) in [4.78, 5) is 0. The highest BCUT2D eigenvalue weighted by molar-refractivity contribution is 6.30. The molecule has 2 aromatic carbocycles. The predicted octanol–water partition coefficient (Wildman–Crippen LogP) is 7.01. The molecule has 0 bridgehead atoms. The maximum atomic E-state index is 12.1. The van der Waals surface area contributed by atoms with Crippen LogP contribution in [0.1, 0.15) is 27.7 Å². The Morgan fingerprint density at radius 1 is 0.650 bits per heavy atom. The van der Waals surface area contributed by atoms with E-state index in [0.717, 1.165) is 0 Å². The van der Waals surface area contributed by atoms with Gasteiger partial charge < -0.3 is 0 Å². The van der Waals surface area contributed by atoms with Crippen LogP contribution in [-0.4, -0.2) is 0 Å². The van der Waals surface area contributed by atoms with Crippen LogP contribution in [0.2, 0.25) is 10.0 Å². The van der Waals surface area contributed by atoms with Crippen LogP contribution in [0.25, 0.3) is 0 Å². The number of hydrogen-bond donors (Lipinski definition) is 0. The number of rotatable bonds is 0. The zero-order valence-electron chi connectivity index (χ0n) is 12.1. The lowest BCUT2D eigenvalue weighted by Gasteiger charge is -1.85. The standard InChI is InChI=1S/2C6H4ClF.2C2H6/c2*7-5-2-1-3-6(8)4-5;2*1-2/h2*1-4H;2*1-2H3. The van der Waals surface area contributed by atoms with E-state index in [4.69, 9.17) is 23.2 Å². The minimum atomic E-state index is -0.294. The Labute approximate surface area is 130 Å². The molecule has 4 heteroatoms. The third kappa shape index (κ3) is 11.9. The van der Waals surface area contributed by atoms with Crippen LogP contribution in [-0.2, 0) is 0 Å². The summed E-state index contributed by atoms with van der Waals surface area (Å²) in [6.45, 7) is 8.00. The molecule has 0 spiro atoms. The molecular formula is C16H20Cl2F2. The molecule has 0 saturated carbocycles. The van der Waals surface area contributed by atoms with E-state index in [-0.39, 0.29) is 11.6 Å². The zero-order valence-corrected chi connectivity index (χ0v) is 13.6. The van der Waals surface area contributed by atoms with Crippen LogP contribution >= 0.6 is 23.2 Å². The molecule has 0 aliphatic heterocycles. The Morgan fingerprint density at radius 2 is 0.950 bits per heavy atom. The monoisotopic (exact) mass is 320 g/mol. The molecular weight excluding hydrogens is 301 g/mol. The van der Waals surface area contributed by atoms with Gasteiger partial charge in [-0.1, -0.05) is 63.0 Å². The molecule has 0 heterocycles. The lowest BCUT2D eigenvalue weighted by atomic mass is 10.4. The van der Waals surface area contributed by atoms with Crippen LogP contribution in [0.5, 0.6) is 0 Å². The number of halogens is 4. The van der Waals surface area contributed by atoms with Crippen LogP contribution in [0.4, 0.5) is 8.78 Å². The van der Waals surface area contributed by atoms with Crippen molar-refractivity contribution in [2.75, 3.05) is 0 Å². The lowest BCUT2D eigenvalue weighted by Crippen LogP contribution is -1.68. The highest BCUT2D eigenvalue weighted by Crippen LogP contribution is 2.08. The largest absolute Gasteiger partial charge is 0.207 e. The maximum absolute atomic E-state index is 12.1. The highest BCUT2D eigenvalue weighted by atomic mass is 35.5. The third-order valence-electron chi connectivity index (χ3n) is 1.57. The van der Waals surface area contributed by atoms with E-state index < -0.39 is 0 Å². The Balaban J connectivity index is 0. The van der Waals surface area contributed by atoms with Crippen LogP contribution in [0, 0.1) is 11.6 Å². The van der Waals surface area contributed by atoms with Crippen molar-refractivity contribution in [2.45, 2.75) is 27.7 Å². The van der Waals surface area contributed by atoms with Crippen molar-refractivity contribution < 1.29 is 8.78 Å². The van der Waals surface area contributed by atoms with E-state index in [0.29, 0.717) is 10.0 Å². The normalized spacial score (nSPS) is 8.00. The molecule has 0 aliphatic carbocycles. The molecule has 2 aromatic rings. The first kappa shape index (κ1) is 21.2. The molecule has 0 radical (unpaired) electrons. The summed E-state index contributed by atoms with van der Waals surface area (Å²) in [5, 5.41) is 0.870. The zero-order chi connectivity index (χ0) is 16.0. The van der Waals surface area contributed by atoms with Crippen molar-refractivity contribution in [3.05, 3.63) is 70.2 Å². The first-order valence-corrected chi connectivity index (χ1v) is 7.15. The van der Waals surface area contributed by atoms with Gasteiger partial charge in [0.1, 0.15) is 11.6 Å². The van der Waals surface area contributed by atoms with Gasteiger partial charge in [-0.2, -0.15) is 0 Å². The Morgan fingerprint density at radius 3 is 1.10 bits per heavy atom. The minimum absolute atomic E-state index is 0.294. The molecule has 0 N–H and O–H groups in total. The van der Waals surface area contributed by atoms with Crippen LogP contribution in [0.3, 0.4) is 0 Å². The van der Waals surface area contributed by atoms with Gasteiger partial charge in [0, 0.05) is 10.0 Å². The van der Waals surface area contributed by atoms with E-state index in [2.05, 4.69) is 0 Å². The maximum Gasteiger partial charge on any atom is 0.124 e. The smallest absolute Gasteiger partial charge is 0.124 e. The summed E-state index contributed by atoms with van der Waals surface area (Å²) >= 11 is 10.8. The average Bonchev–Trinajstić information content (AvgIpc) is 2.43. The van der Waals surface area contributed by atoms with Gasteiger partial charge in [-0.3, -0.25) is 0 Å². The van der Waals surface area contributed by atoms with Gasteiger partial charge in [0.15, 0.2) is 0 Å². The second-order valence-corrected chi connectivity index (χ2v) is 3.75. The second-order valence-electron chi connectivity index (χ2n) is 2.88. The van der Waals surface area contributed by atoms with Crippen molar-refractivity contribution in [1.29, 1.82) is 0 Å². The van der Waals surface area contributed by atoms with Crippen molar-refractivity contribution >= 4 is 23.2 Å². The SMILES string of the molecule is CC.CC.Fc1cccc(Cl)c1.Fc1cccc(Cl)c1. The van der Waals surface area contributed by atoms with Gasteiger partial charge in [0.25, 0.3) is 0 Å². The van der Waals surface area contributed by atoms with Crippen molar-refractivity contribution in [3.63, 3.8) is 0 Å². The predicted molar refractivity (Wildman–Crippen MR) is 85.5 cm³/mol. The van der Waals surface area contributed by atoms with Crippen LogP contribution < -0.4 is 0 Å². The highest BCUT2D eigenvalue weighted by Gasteiger charge is 1.87. The summed E-state index contributed by atoms with van der Waals surface area (Å²) in [5.41, 5.74) is 0. The average molecular weight is 321 g/mol. The minimum Gasteiger partial charge on any atom is -0.207 e. The van der Waals surface area contributed by atoms with Gasteiger partial charge in [0.2, 0.25) is 0 Å². The Kier molecular flexibility index (Phi) is 15.1. The molecule has 0 fully saturated rings. The summed E-state index contributed by atoms with van der Waals surface area (Å²) < 4.78 is 24.2. The van der Waals surface area contributed by atoms with Crippen molar-refractivity contribution in [2.24, 2.45) is 0 Å². The molecule has 0 nitrogen and oxygen atoms in total. The summed E-state index contributed by atoms with van der Waals surface area (Å²) in [5.74, 6) is -0.588. The Hall–Kier alpha value is -1.12. The van der Waals surface area contributed by atoms with E-state index in [1.807, 2.05) is 27.7 Å². The topological polar surface area (TPSA) is 0 Å². The fraction of sp³-hybridized carbons (Fsp3) is 0.250. The molecule has 0 aliphatic rings. The fourth-order valence-electron chi connectivity index (χ4n) is 0.920. The van der Waals surface area contributed by atoms with Crippen LogP contribution in [0.15, 0.2) is 48.5 Å². The van der Waals surface area contributed by atoms with Gasteiger partial charge in [-0.25, -0.2) is 8.78 Å². The van der Waals surface area contributed by atoms with E-state index >= 15 is 0 Å². The summed E-state index contributed by atoms with van der Waals surface area (Å²) in [6.07, 6.45) is 0. The molecule has 112 valence electrons. The molecule has 2 rings (SSSR count). The van der Waals surface area contributed by atoms with E-state index in [1.165, 1.54) is 24.3 Å². The van der Waals surface area contributed by atoms with Gasteiger partial charge in [-0.15, -0.1) is 0 Å². The summed E-state index contributed by atoms with van der Waals surface area (Å²) in [7, 11) is 0. The van der Waals surface area contributed by atoms with E-state index in [9.17, 15) is 8.78 Å². The summed E-state index contributed by atoms with van der Waals surface area (Å²) in [6, 6.07) is 11.6. The lowest BCUT2D eigenvalue weighted by molar-refractivity contribution is 0.627. The third-order valence-corrected chi connectivity index (χ3v) is 2.04. The molecule has 0 aromatic heterocycles. The first-order valence-electron chi connectivity index (χ1n) is 6.40. The Bertz CT molecular complexity index is 382. The van der Waals surface area contributed by atoms with Gasteiger partial charge in [-0.05, 0) is 36.4 Å². The molecule has 20 heavy (non-hydrogen) atoms. The molecule has 0 amide bonds. The first-order chi connectivity index (χ1) is 9.58. The number of benzene rings is 2. The molecule has 0 saturated heterocycles. The molecule has 0 atom stereocenters. The van der Waals surface area contributed by atoms with E-state index in [1.54, 1.807) is 24.3 Å². The fourth-order valence-corrected chi connectivity index (χ4v) is 1.27. The number of hydrogen-bond acceptors (Lipinski definition) is 0. The van der Waals surface area contributed by atoms with Gasteiger partial charge in [0.05, 0.1) is 0 Å². The molecule has 0 unspecified atom stereocenters. The van der Waals surface area contributed by atoms with Gasteiger partial charge >= 0.3 is 0 Å². The second kappa shape index (κ2) is 14.3. The quantitative estimate of drug-likeness (QED) is 0.489. The van der Waals surface area contributed by atoms with Crippen molar-refractivity contribution in [1.82, 2.24) is 0 Å². The van der Waals surface area contributed by atoms with Crippen molar-refractivity contribution in [3.8, 4) is 0 Å².